The number of hydrogen-bond donors (Lipinski definition) is 2. The number of benzene rings is 2. The molecule has 2 aromatic carbocycles. The molecule has 0 aromatic heterocycles. The van der Waals surface area contributed by atoms with Gasteiger partial charge in [0.2, 0.25) is 0 Å². The second-order valence-corrected chi connectivity index (χ2v) is 8.64. The molecule has 1 unspecified atom stereocenters. The van der Waals surface area contributed by atoms with Crippen LogP contribution < -0.4 is 10.0 Å². The van der Waals surface area contributed by atoms with Crippen LogP contribution in [0.25, 0.3) is 0 Å². The lowest BCUT2D eigenvalue weighted by atomic mass is 10.1. The van der Waals surface area contributed by atoms with Gasteiger partial charge in [0, 0.05) is 17.3 Å². The van der Waals surface area contributed by atoms with E-state index < -0.39 is 34.8 Å². The first-order valence-corrected chi connectivity index (χ1v) is 10.5. The van der Waals surface area contributed by atoms with Crippen LogP contribution in [0, 0.1) is 13.8 Å². The van der Waals surface area contributed by atoms with Crippen molar-refractivity contribution in [1.29, 1.82) is 0 Å². The van der Waals surface area contributed by atoms with E-state index in [-0.39, 0.29) is 17.1 Å². The fourth-order valence-corrected chi connectivity index (χ4v) is 3.63. The number of hydrogen-bond acceptors (Lipinski definition) is 4. The van der Waals surface area contributed by atoms with Crippen molar-refractivity contribution in [1.82, 2.24) is 5.32 Å². The first kappa shape index (κ1) is 23.7. The van der Waals surface area contributed by atoms with E-state index in [9.17, 15) is 26.4 Å². The van der Waals surface area contributed by atoms with E-state index in [2.05, 4.69) is 14.8 Å². The number of ether oxygens (including phenoxy) is 1. The van der Waals surface area contributed by atoms with Crippen LogP contribution in [0.4, 0.5) is 18.9 Å². The van der Waals surface area contributed by atoms with Crippen molar-refractivity contribution in [3.63, 3.8) is 0 Å². The molecule has 2 rings (SSSR count). The van der Waals surface area contributed by atoms with E-state index >= 15 is 0 Å². The highest BCUT2D eigenvalue weighted by atomic mass is 32.2. The third-order valence-corrected chi connectivity index (χ3v) is 5.46. The molecule has 0 fully saturated rings. The van der Waals surface area contributed by atoms with Crippen molar-refractivity contribution in [2.24, 2.45) is 0 Å². The molecule has 0 aliphatic heterocycles. The Morgan fingerprint density at radius 2 is 1.73 bits per heavy atom. The van der Waals surface area contributed by atoms with Gasteiger partial charge < -0.3 is 10.1 Å². The standard InChI is InChI=1S/C20H23F3N2O4S/c1-13-4-7-16(8-5-13)25-30(27,28)17-9-6-14(2)18(10-17)19(26)24-15(3)11-29-12-20(21,22)23/h4-10,15,25H,11-12H2,1-3H3,(H,24,26). The van der Waals surface area contributed by atoms with Crippen molar-refractivity contribution < 1.29 is 31.1 Å². The number of anilines is 1. The molecule has 0 heterocycles. The maximum atomic E-state index is 12.7. The molecule has 0 saturated carbocycles. The number of aryl methyl sites for hydroxylation is 2. The number of amides is 1. The molecule has 6 nitrogen and oxygen atoms in total. The summed E-state index contributed by atoms with van der Waals surface area (Å²) in [4.78, 5) is 12.4. The van der Waals surface area contributed by atoms with Gasteiger partial charge in [0.25, 0.3) is 15.9 Å². The lowest BCUT2D eigenvalue weighted by molar-refractivity contribution is -0.174. The molecule has 30 heavy (non-hydrogen) atoms. The van der Waals surface area contributed by atoms with Crippen molar-refractivity contribution in [3.05, 3.63) is 59.2 Å². The van der Waals surface area contributed by atoms with Gasteiger partial charge in [-0.3, -0.25) is 9.52 Å². The van der Waals surface area contributed by atoms with Gasteiger partial charge in [-0.1, -0.05) is 23.8 Å². The van der Waals surface area contributed by atoms with Crippen LogP contribution in [0.1, 0.15) is 28.4 Å². The van der Waals surface area contributed by atoms with Gasteiger partial charge >= 0.3 is 6.18 Å². The summed E-state index contributed by atoms with van der Waals surface area (Å²) < 4.78 is 68.7. The molecule has 0 bridgehead atoms. The molecule has 0 spiro atoms. The minimum atomic E-state index is -4.45. The summed E-state index contributed by atoms with van der Waals surface area (Å²) in [5.41, 5.74) is 1.97. The molecule has 0 aliphatic rings. The van der Waals surface area contributed by atoms with Crippen LogP contribution in [-0.2, 0) is 14.8 Å². The van der Waals surface area contributed by atoms with Crippen molar-refractivity contribution in [3.8, 4) is 0 Å². The van der Waals surface area contributed by atoms with E-state index in [1.165, 1.54) is 25.1 Å². The van der Waals surface area contributed by atoms with Gasteiger partial charge in [-0.2, -0.15) is 13.2 Å². The normalized spacial score (nSPS) is 13.0. The molecule has 2 N–H and O–H groups in total. The fraction of sp³-hybridized carbons (Fsp3) is 0.350. The Hall–Kier alpha value is -2.59. The SMILES string of the molecule is Cc1ccc(NS(=O)(=O)c2ccc(C)c(C(=O)NC(C)COCC(F)(F)F)c2)cc1. The predicted octanol–water partition coefficient (Wildman–Crippen LogP) is 3.80. The molecular weight excluding hydrogens is 421 g/mol. The van der Waals surface area contributed by atoms with Crippen molar-refractivity contribution >= 4 is 21.6 Å². The van der Waals surface area contributed by atoms with E-state index in [1.807, 2.05) is 6.92 Å². The largest absolute Gasteiger partial charge is 0.411 e. The van der Waals surface area contributed by atoms with E-state index in [0.717, 1.165) is 5.56 Å². The van der Waals surface area contributed by atoms with Crippen LogP contribution in [-0.4, -0.2) is 39.8 Å². The Morgan fingerprint density at radius 1 is 1.10 bits per heavy atom. The van der Waals surface area contributed by atoms with E-state index in [4.69, 9.17) is 0 Å². The van der Waals surface area contributed by atoms with Crippen LogP contribution in [0.3, 0.4) is 0 Å². The van der Waals surface area contributed by atoms with Gasteiger partial charge in [-0.15, -0.1) is 0 Å². The maximum absolute atomic E-state index is 12.7. The second kappa shape index (κ2) is 9.48. The lowest BCUT2D eigenvalue weighted by Crippen LogP contribution is -2.37. The minimum absolute atomic E-state index is 0.101. The first-order chi connectivity index (χ1) is 13.9. The van der Waals surface area contributed by atoms with Crippen LogP contribution >= 0.6 is 0 Å². The summed E-state index contributed by atoms with van der Waals surface area (Å²) in [7, 11) is -3.94. The van der Waals surface area contributed by atoms with Crippen LogP contribution in [0.5, 0.6) is 0 Å². The number of carbonyl (C=O) groups excluding carboxylic acids is 1. The average Bonchev–Trinajstić information content (AvgIpc) is 2.62. The highest BCUT2D eigenvalue weighted by Crippen LogP contribution is 2.20. The monoisotopic (exact) mass is 444 g/mol. The summed E-state index contributed by atoms with van der Waals surface area (Å²) in [6.45, 7) is 3.24. The Kier molecular flexibility index (Phi) is 7.49. The van der Waals surface area contributed by atoms with Gasteiger partial charge in [0.15, 0.2) is 0 Å². The Balaban J connectivity index is 2.11. The molecule has 10 heteroatoms. The smallest absolute Gasteiger partial charge is 0.370 e. The topological polar surface area (TPSA) is 84.5 Å². The highest BCUT2D eigenvalue weighted by molar-refractivity contribution is 7.92. The summed E-state index contributed by atoms with van der Waals surface area (Å²) in [6.07, 6.45) is -4.45. The number of rotatable bonds is 8. The van der Waals surface area contributed by atoms with Crippen molar-refractivity contribution in [2.45, 2.75) is 37.9 Å². The van der Waals surface area contributed by atoms with E-state index in [1.54, 1.807) is 31.2 Å². The van der Waals surface area contributed by atoms with Crippen LogP contribution in [0.2, 0.25) is 0 Å². The molecule has 2 aromatic rings. The zero-order chi connectivity index (χ0) is 22.5. The second-order valence-electron chi connectivity index (χ2n) is 6.95. The minimum Gasteiger partial charge on any atom is -0.370 e. The molecular formula is C20H23F3N2O4S. The van der Waals surface area contributed by atoms with Crippen molar-refractivity contribution in [2.75, 3.05) is 17.9 Å². The molecule has 1 amide bonds. The Labute approximate surface area is 173 Å². The number of sulfonamides is 1. The third-order valence-electron chi connectivity index (χ3n) is 4.08. The first-order valence-electron chi connectivity index (χ1n) is 9.03. The summed E-state index contributed by atoms with van der Waals surface area (Å²) in [5, 5.41) is 2.51. The van der Waals surface area contributed by atoms with Gasteiger partial charge in [0.1, 0.15) is 6.61 Å². The van der Waals surface area contributed by atoms with Gasteiger partial charge in [-0.05, 0) is 50.6 Å². The zero-order valence-electron chi connectivity index (χ0n) is 16.7. The summed E-state index contributed by atoms with van der Waals surface area (Å²) in [5.74, 6) is -0.608. The number of nitrogens with one attached hydrogen (secondary N) is 2. The average molecular weight is 444 g/mol. The quantitative estimate of drug-likeness (QED) is 0.649. The third kappa shape index (κ3) is 7.03. The van der Waals surface area contributed by atoms with Gasteiger partial charge in [0.05, 0.1) is 11.5 Å². The molecule has 1 atom stereocenters. The fourth-order valence-electron chi connectivity index (χ4n) is 2.54. The molecule has 0 radical (unpaired) electrons. The summed E-state index contributed by atoms with van der Waals surface area (Å²) >= 11 is 0. The lowest BCUT2D eigenvalue weighted by Gasteiger charge is -2.16. The zero-order valence-corrected chi connectivity index (χ0v) is 17.5. The Morgan fingerprint density at radius 3 is 2.33 bits per heavy atom. The molecule has 0 aliphatic carbocycles. The van der Waals surface area contributed by atoms with Crippen LogP contribution in [0.15, 0.2) is 47.4 Å². The Bertz CT molecular complexity index is 990. The number of halogens is 3. The number of carbonyl (C=O) groups is 1. The highest BCUT2D eigenvalue weighted by Gasteiger charge is 2.28. The van der Waals surface area contributed by atoms with E-state index in [0.29, 0.717) is 11.3 Å². The number of alkyl halides is 3. The maximum Gasteiger partial charge on any atom is 0.411 e. The predicted molar refractivity (Wildman–Crippen MR) is 107 cm³/mol. The summed E-state index contributed by atoms with van der Waals surface area (Å²) in [6, 6.07) is 10.1. The molecule has 0 saturated heterocycles. The molecule has 164 valence electrons. The van der Waals surface area contributed by atoms with Gasteiger partial charge in [-0.25, -0.2) is 8.42 Å².